The lowest BCUT2D eigenvalue weighted by Crippen LogP contribution is -2.15. The number of thiazole rings is 1. The van der Waals surface area contributed by atoms with Crippen molar-refractivity contribution < 1.29 is 9.53 Å². The summed E-state index contributed by atoms with van der Waals surface area (Å²) in [5.41, 5.74) is 4.40. The van der Waals surface area contributed by atoms with Crippen molar-refractivity contribution in [2.45, 2.75) is 26.7 Å². The van der Waals surface area contributed by atoms with E-state index in [1.807, 2.05) is 36.7 Å². The van der Waals surface area contributed by atoms with E-state index in [0.717, 1.165) is 38.3 Å². The Labute approximate surface area is 151 Å². The number of rotatable bonds is 4. The van der Waals surface area contributed by atoms with Crippen molar-refractivity contribution in [3.8, 4) is 5.75 Å². The van der Waals surface area contributed by atoms with Crippen molar-refractivity contribution >= 4 is 27.5 Å². The number of amides is 1. The van der Waals surface area contributed by atoms with Crippen molar-refractivity contribution in [3.63, 3.8) is 0 Å². The number of para-hydroxylation sites is 1. The van der Waals surface area contributed by atoms with E-state index in [2.05, 4.69) is 30.1 Å². The lowest BCUT2D eigenvalue weighted by molar-refractivity contribution is -0.117. The minimum atomic E-state index is -0.163. The first-order chi connectivity index (χ1) is 12.0. The number of methoxy groups -OCH3 is 1. The average molecular weight is 354 g/mol. The van der Waals surface area contributed by atoms with Crippen molar-refractivity contribution in [1.29, 1.82) is 0 Å². The third-order valence-electron chi connectivity index (χ3n) is 4.28. The molecule has 3 aromatic rings. The molecule has 0 aliphatic carbocycles. The van der Waals surface area contributed by atoms with Gasteiger partial charge >= 0.3 is 0 Å². The highest BCUT2D eigenvalue weighted by Gasteiger charge is 2.11. The zero-order valence-corrected chi connectivity index (χ0v) is 15.8. The first kappa shape index (κ1) is 17.4. The maximum Gasteiger partial charge on any atom is 0.252 e. The van der Waals surface area contributed by atoms with Crippen LogP contribution in [-0.4, -0.2) is 17.6 Å². The zero-order chi connectivity index (χ0) is 18.0. The molecule has 0 radical (unpaired) electrons. The maximum absolute atomic E-state index is 12.5. The molecule has 4 nitrogen and oxygen atoms in total. The Morgan fingerprint density at radius 3 is 2.76 bits per heavy atom. The summed E-state index contributed by atoms with van der Waals surface area (Å²) in [7, 11) is 3.59. The van der Waals surface area contributed by atoms with Gasteiger partial charge in [0.2, 0.25) is 0 Å². The minimum absolute atomic E-state index is 0.163. The van der Waals surface area contributed by atoms with Gasteiger partial charge in [-0.05, 0) is 31.0 Å². The summed E-state index contributed by atoms with van der Waals surface area (Å²) in [6, 6.07) is 12.1. The second kappa shape index (κ2) is 7.23. The summed E-state index contributed by atoms with van der Waals surface area (Å²) in [5.74, 6) is 0.562. The Bertz CT molecular complexity index is 999. The average Bonchev–Trinajstić information content (AvgIpc) is 2.91. The summed E-state index contributed by atoms with van der Waals surface area (Å²) in [6.45, 7) is 4.14. The summed E-state index contributed by atoms with van der Waals surface area (Å²) in [6.07, 6.45) is 1.19. The number of carbonyl (C=O) groups is 1. The van der Waals surface area contributed by atoms with Gasteiger partial charge < -0.3 is 9.30 Å². The van der Waals surface area contributed by atoms with Crippen LogP contribution in [0, 0.1) is 6.92 Å². The van der Waals surface area contributed by atoms with Crippen LogP contribution in [0.25, 0.3) is 10.2 Å². The highest BCUT2D eigenvalue weighted by atomic mass is 32.1. The molecule has 2 aromatic carbocycles. The monoisotopic (exact) mass is 354 g/mol. The number of hydrogen-bond acceptors (Lipinski definition) is 3. The van der Waals surface area contributed by atoms with Crippen molar-refractivity contribution in [1.82, 2.24) is 4.57 Å². The Morgan fingerprint density at radius 2 is 2.04 bits per heavy atom. The molecule has 0 aliphatic heterocycles. The molecule has 0 unspecified atom stereocenters. The first-order valence-electron chi connectivity index (χ1n) is 8.32. The number of carbonyl (C=O) groups excluding carboxylic acids is 1. The molecule has 0 atom stereocenters. The van der Waals surface area contributed by atoms with E-state index < -0.39 is 0 Å². The van der Waals surface area contributed by atoms with Gasteiger partial charge in [-0.25, -0.2) is 0 Å². The van der Waals surface area contributed by atoms with Gasteiger partial charge in [0.15, 0.2) is 4.80 Å². The van der Waals surface area contributed by atoms with E-state index in [0.29, 0.717) is 0 Å². The number of nitrogens with zero attached hydrogens (tertiary/aromatic N) is 2. The highest BCUT2D eigenvalue weighted by molar-refractivity contribution is 7.16. The molecular formula is C20H22N2O2S. The largest absolute Gasteiger partial charge is 0.496 e. The van der Waals surface area contributed by atoms with Gasteiger partial charge in [-0.15, -0.1) is 0 Å². The predicted molar refractivity (Wildman–Crippen MR) is 102 cm³/mol. The standard InChI is InChI=1S/C20H22N2O2S/c1-5-14-7-6-8-17-19(14)22(3)20(25-17)21-18(23)12-15-11-13(2)9-10-16(15)24-4/h6-11H,5,12H2,1-4H3. The maximum atomic E-state index is 12.5. The molecule has 25 heavy (non-hydrogen) atoms. The minimum Gasteiger partial charge on any atom is -0.496 e. The van der Waals surface area contributed by atoms with E-state index >= 15 is 0 Å². The predicted octanol–water partition coefficient (Wildman–Crippen LogP) is 3.79. The van der Waals surface area contributed by atoms with Crippen LogP contribution in [0.3, 0.4) is 0 Å². The van der Waals surface area contributed by atoms with Crippen LogP contribution in [0.5, 0.6) is 5.75 Å². The summed E-state index contributed by atoms with van der Waals surface area (Å²) in [5, 5.41) is 0. The molecule has 1 amide bonds. The number of fused-ring (bicyclic) bond motifs is 1. The van der Waals surface area contributed by atoms with Crippen LogP contribution >= 0.6 is 11.3 Å². The number of benzene rings is 2. The quantitative estimate of drug-likeness (QED) is 0.715. The third-order valence-corrected chi connectivity index (χ3v) is 5.38. The molecule has 0 spiro atoms. The number of aryl methyl sites for hydroxylation is 3. The SMILES string of the molecule is CCc1cccc2sc(=NC(=O)Cc3cc(C)ccc3OC)n(C)c12. The van der Waals surface area contributed by atoms with Gasteiger partial charge in [0, 0.05) is 12.6 Å². The molecule has 0 saturated heterocycles. The Balaban J connectivity index is 1.99. The number of aromatic nitrogens is 1. The smallest absolute Gasteiger partial charge is 0.252 e. The fourth-order valence-electron chi connectivity index (χ4n) is 3.03. The normalized spacial score (nSPS) is 11.9. The van der Waals surface area contributed by atoms with Crippen LogP contribution in [-0.2, 0) is 24.7 Å². The fraction of sp³-hybridized carbons (Fsp3) is 0.300. The fourth-order valence-corrected chi connectivity index (χ4v) is 4.11. The molecule has 5 heteroatoms. The molecule has 0 saturated carbocycles. The van der Waals surface area contributed by atoms with Gasteiger partial charge in [-0.3, -0.25) is 4.79 Å². The number of hydrogen-bond donors (Lipinski definition) is 0. The molecule has 1 aromatic heterocycles. The molecular weight excluding hydrogens is 332 g/mol. The van der Waals surface area contributed by atoms with E-state index in [-0.39, 0.29) is 12.3 Å². The van der Waals surface area contributed by atoms with Gasteiger partial charge in [0.1, 0.15) is 5.75 Å². The second-order valence-electron chi connectivity index (χ2n) is 6.06. The van der Waals surface area contributed by atoms with Crippen molar-refractivity contribution in [2.24, 2.45) is 12.0 Å². The summed E-state index contributed by atoms with van der Waals surface area (Å²) < 4.78 is 8.53. The molecule has 1 heterocycles. The van der Waals surface area contributed by atoms with E-state index in [4.69, 9.17) is 4.74 Å². The van der Waals surface area contributed by atoms with E-state index in [9.17, 15) is 4.79 Å². The zero-order valence-electron chi connectivity index (χ0n) is 15.0. The van der Waals surface area contributed by atoms with Gasteiger partial charge in [-0.1, -0.05) is 48.1 Å². The van der Waals surface area contributed by atoms with Gasteiger partial charge in [0.05, 0.1) is 23.7 Å². The molecule has 0 bridgehead atoms. The molecule has 0 fully saturated rings. The van der Waals surface area contributed by atoms with Crippen molar-refractivity contribution in [3.05, 3.63) is 57.9 Å². The Morgan fingerprint density at radius 1 is 1.24 bits per heavy atom. The van der Waals surface area contributed by atoms with Crippen LogP contribution in [0.2, 0.25) is 0 Å². The van der Waals surface area contributed by atoms with Crippen LogP contribution in [0.1, 0.15) is 23.6 Å². The molecule has 3 rings (SSSR count). The Hall–Kier alpha value is -2.40. The van der Waals surface area contributed by atoms with E-state index in [1.54, 1.807) is 18.4 Å². The Kier molecular flexibility index (Phi) is 5.04. The van der Waals surface area contributed by atoms with Crippen LogP contribution in [0.15, 0.2) is 41.4 Å². The number of ether oxygens (including phenoxy) is 1. The lowest BCUT2D eigenvalue weighted by atomic mass is 10.1. The van der Waals surface area contributed by atoms with E-state index in [1.165, 1.54) is 5.56 Å². The topological polar surface area (TPSA) is 43.6 Å². The highest BCUT2D eigenvalue weighted by Crippen LogP contribution is 2.22. The summed E-state index contributed by atoms with van der Waals surface area (Å²) in [4.78, 5) is 17.6. The molecule has 0 N–H and O–H groups in total. The second-order valence-corrected chi connectivity index (χ2v) is 7.07. The third kappa shape index (κ3) is 3.51. The lowest BCUT2D eigenvalue weighted by Gasteiger charge is -2.07. The molecule has 130 valence electrons. The summed E-state index contributed by atoms with van der Waals surface area (Å²) >= 11 is 1.55. The van der Waals surface area contributed by atoms with Gasteiger partial charge in [0.25, 0.3) is 5.91 Å². The van der Waals surface area contributed by atoms with Crippen LogP contribution in [0.4, 0.5) is 0 Å². The molecule has 0 aliphatic rings. The van der Waals surface area contributed by atoms with Crippen LogP contribution < -0.4 is 9.54 Å². The van der Waals surface area contributed by atoms with Gasteiger partial charge in [-0.2, -0.15) is 4.99 Å². The van der Waals surface area contributed by atoms with Crippen molar-refractivity contribution in [2.75, 3.05) is 7.11 Å². The first-order valence-corrected chi connectivity index (χ1v) is 9.13.